The van der Waals surface area contributed by atoms with Crippen molar-refractivity contribution < 1.29 is 13.9 Å². The zero-order valence-electron chi connectivity index (χ0n) is 11.9. The number of nitrogens with two attached hydrogens (primary N) is 1. The first-order chi connectivity index (χ1) is 10.2. The van der Waals surface area contributed by atoms with E-state index in [1.54, 1.807) is 0 Å². The molecule has 2 N–H and O–H groups in total. The van der Waals surface area contributed by atoms with Crippen molar-refractivity contribution in [2.75, 3.05) is 32.0 Å². The maximum Gasteiger partial charge on any atom is 0.209 e. The molecule has 0 unspecified atom stereocenters. The molecule has 112 valence electrons. The highest BCUT2D eigenvalue weighted by molar-refractivity contribution is 5.85. The summed E-state index contributed by atoms with van der Waals surface area (Å²) in [5, 5.41) is 0. The van der Waals surface area contributed by atoms with Gasteiger partial charge in [-0.25, -0.2) is 4.98 Å². The van der Waals surface area contributed by atoms with Gasteiger partial charge in [-0.2, -0.15) is 0 Å². The van der Waals surface area contributed by atoms with E-state index in [-0.39, 0.29) is 5.79 Å². The number of oxazole rings is 1. The van der Waals surface area contributed by atoms with Crippen molar-refractivity contribution in [3.05, 3.63) is 24.1 Å². The lowest BCUT2D eigenvalue weighted by molar-refractivity contribution is -0.186. The molecule has 1 spiro atoms. The van der Waals surface area contributed by atoms with Crippen molar-refractivity contribution in [1.82, 2.24) is 9.88 Å². The first kappa shape index (κ1) is 13.1. The summed E-state index contributed by atoms with van der Waals surface area (Å²) in [6.45, 7) is 3.97. The van der Waals surface area contributed by atoms with Crippen molar-refractivity contribution in [2.24, 2.45) is 0 Å². The van der Waals surface area contributed by atoms with E-state index in [4.69, 9.17) is 19.6 Å². The maximum absolute atomic E-state index is 5.91. The lowest BCUT2D eigenvalue weighted by Gasteiger charge is -2.36. The third kappa shape index (κ3) is 2.39. The van der Waals surface area contributed by atoms with Crippen molar-refractivity contribution in [1.29, 1.82) is 0 Å². The van der Waals surface area contributed by atoms with Gasteiger partial charge in [-0.1, -0.05) is 6.07 Å². The average Bonchev–Trinajstić information content (AvgIpc) is 3.10. The Kier molecular flexibility index (Phi) is 3.10. The molecular weight excluding hydrogens is 270 g/mol. The van der Waals surface area contributed by atoms with E-state index in [1.165, 1.54) is 0 Å². The second-order valence-corrected chi connectivity index (χ2v) is 5.69. The number of likely N-dealkylation sites (tertiary alicyclic amines) is 1. The molecule has 0 radical (unpaired) electrons. The highest BCUT2D eigenvalue weighted by Gasteiger charge is 2.39. The molecule has 0 amide bonds. The van der Waals surface area contributed by atoms with Gasteiger partial charge in [0, 0.05) is 25.9 Å². The molecule has 0 aliphatic carbocycles. The SMILES string of the molecule is Nc1cccc2oc(CN3CCC4(CC3)OCCO4)nc12. The molecule has 4 rings (SSSR count). The third-order valence-electron chi connectivity index (χ3n) is 4.28. The summed E-state index contributed by atoms with van der Waals surface area (Å²) >= 11 is 0. The zero-order chi connectivity index (χ0) is 14.3. The standard InChI is InChI=1S/C15H19N3O3/c16-11-2-1-3-12-14(11)17-13(21-12)10-18-6-4-15(5-7-18)19-8-9-20-15/h1-3H,4-10,16H2. The number of aromatic nitrogens is 1. The quantitative estimate of drug-likeness (QED) is 0.849. The molecule has 0 bridgehead atoms. The largest absolute Gasteiger partial charge is 0.439 e. The lowest BCUT2D eigenvalue weighted by Crippen LogP contribution is -2.44. The van der Waals surface area contributed by atoms with Gasteiger partial charge >= 0.3 is 0 Å². The van der Waals surface area contributed by atoms with Crippen molar-refractivity contribution >= 4 is 16.8 Å². The average molecular weight is 289 g/mol. The summed E-state index contributed by atoms with van der Waals surface area (Å²) in [6.07, 6.45) is 1.80. The van der Waals surface area contributed by atoms with Crippen molar-refractivity contribution in [3.8, 4) is 0 Å². The molecular formula is C15H19N3O3. The summed E-state index contributed by atoms with van der Waals surface area (Å²) in [5.74, 6) is 0.384. The smallest absolute Gasteiger partial charge is 0.209 e. The molecule has 2 aliphatic heterocycles. The van der Waals surface area contributed by atoms with Gasteiger partial charge in [-0.3, -0.25) is 4.90 Å². The fourth-order valence-electron chi connectivity index (χ4n) is 3.11. The Bertz CT molecular complexity index is 639. The molecule has 1 aromatic carbocycles. The molecule has 2 aromatic rings. The monoisotopic (exact) mass is 289 g/mol. The van der Waals surface area contributed by atoms with Crippen molar-refractivity contribution in [2.45, 2.75) is 25.2 Å². The lowest BCUT2D eigenvalue weighted by atomic mass is 10.0. The first-order valence-electron chi connectivity index (χ1n) is 7.38. The van der Waals surface area contributed by atoms with Crippen LogP contribution in [-0.2, 0) is 16.0 Å². The van der Waals surface area contributed by atoms with Crippen LogP contribution in [0.15, 0.2) is 22.6 Å². The fraction of sp³-hybridized carbons (Fsp3) is 0.533. The van der Waals surface area contributed by atoms with Gasteiger partial charge in [0.25, 0.3) is 0 Å². The van der Waals surface area contributed by atoms with Gasteiger partial charge in [-0.05, 0) is 12.1 Å². The van der Waals surface area contributed by atoms with Crippen LogP contribution in [0.4, 0.5) is 5.69 Å². The molecule has 2 fully saturated rings. The van der Waals surface area contributed by atoms with E-state index < -0.39 is 0 Å². The van der Waals surface area contributed by atoms with E-state index in [9.17, 15) is 0 Å². The summed E-state index contributed by atoms with van der Waals surface area (Å²) in [4.78, 5) is 6.82. The van der Waals surface area contributed by atoms with Crippen LogP contribution < -0.4 is 5.73 Å². The summed E-state index contributed by atoms with van der Waals surface area (Å²) in [6, 6.07) is 5.62. The number of para-hydroxylation sites is 1. The molecule has 2 aliphatic rings. The normalized spacial score (nSPS) is 22.3. The Morgan fingerprint density at radius 1 is 1.19 bits per heavy atom. The predicted molar refractivity (Wildman–Crippen MR) is 77.6 cm³/mol. The minimum Gasteiger partial charge on any atom is -0.439 e. The van der Waals surface area contributed by atoms with E-state index in [2.05, 4.69) is 9.88 Å². The predicted octanol–water partition coefficient (Wildman–Crippen LogP) is 1.75. The number of hydrogen-bond acceptors (Lipinski definition) is 6. The van der Waals surface area contributed by atoms with Crippen LogP contribution in [0.5, 0.6) is 0 Å². The fourth-order valence-corrected chi connectivity index (χ4v) is 3.11. The summed E-state index contributed by atoms with van der Waals surface area (Å²) in [5.41, 5.74) is 8.08. The Morgan fingerprint density at radius 3 is 2.67 bits per heavy atom. The molecule has 0 atom stereocenters. The number of hydrogen-bond donors (Lipinski definition) is 1. The molecule has 2 saturated heterocycles. The first-order valence-corrected chi connectivity index (χ1v) is 7.38. The minimum atomic E-state index is -0.331. The second-order valence-electron chi connectivity index (χ2n) is 5.69. The van der Waals surface area contributed by atoms with E-state index >= 15 is 0 Å². The number of piperidine rings is 1. The van der Waals surface area contributed by atoms with Crippen molar-refractivity contribution in [3.63, 3.8) is 0 Å². The Labute approximate surface area is 122 Å². The van der Waals surface area contributed by atoms with Gasteiger partial charge in [0.15, 0.2) is 11.4 Å². The van der Waals surface area contributed by atoms with Crippen LogP contribution in [0.25, 0.3) is 11.1 Å². The molecule has 0 saturated carbocycles. The Morgan fingerprint density at radius 2 is 1.95 bits per heavy atom. The van der Waals surface area contributed by atoms with E-state index in [0.29, 0.717) is 31.3 Å². The van der Waals surface area contributed by atoms with E-state index in [1.807, 2.05) is 18.2 Å². The van der Waals surface area contributed by atoms with Gasteiger partial charge < -0.3 is 19.6 Å². The summed E-state index contributed by atoms with van der Waals surface area (Å²) in [7, 11) is 0. The van der Waals surface area contributed by atoms with Crippen LogP contribution in [-0.4, -0.2) is 42.0 Å². The number of nitrogen functional groups attached to an aromatic ring is 1. The molecule has 3 heterocycles. The summed E-state index contributed by atoms with van der Waals surface area (Å²) < 4.78 is 17.3. The number of benzene rings is 1. The molecule has 6 nitrogen and oxygen atoms in total. The van der Waals surface area contributed by atoms with Crippen LogP contribution in [0, 0.1) is 0 Å². The molecule has 1 aromatic heterocycles. The van der Waals surface area contributed by atoms with Crippen LogP contribution in [0.1, 0.15) is 18.7 Å². The topological polar surface area (TPSA) is 73.8 Å². The van der Waals surface area contributed by atoms with Crippen LogP contribution in [0.3, 0.4) is 0 Å². The molecule has 6 heteroatoms. The number of ether oxygens (including phenoxy) is 2. The second kappa shape index (κ2) is 4.98. The number of rotatable bonds is 2. The van der Waals surface area contributed by atoms with Crippen LogP contribution >= 0.6 is 0 Å². The zero-order valence-corrected chi connectivity index (χ0v) is 11.9. The Hall–Kier alpha value is -1.63. The van der Waals surface area contributed by atoms with Gasteiger partial charge in [0.05, 0.1) is 25.4 Å². The highest BCUT2D eigenvalue weighted by atomic mass is 16.7. The third-order valence-corrected chi connectivity index (χ3v) is 4.28. The highest BCUT2D eigenvalue weighted by Crippen LogP contribution is 2.32. The number of fused-ring (bicyclic) bond motifs is 1. The number of anilines is 1. The van der Waals surface area contributed by atoms with E-state index in [0.717, 1.165) is 37.0 Å². The maximum atomic E-state index is 5.91. The van der Waals surface area contributed by atoms with Gasteiger partial charge in [-0.15, -0.1) is 0 Å². The van der Waals surface area contributed by atoms with Gasteiger partial charge in [0.2, 0.25) is 5.89 Å². The minimum absolute atomic E-state index is 0.331. The Balaban J connectivity index is 1.45. The number of nitrogens with zero attached hydrogens (tertiary/aromatic N) is 2. The van der Waals surface area contributed by atoms with Crippen LogP contribution in [0.2, 0.25) is 0 Å². The molecule has 21 heavy (non-hydrogen) atoms. The van der Waals surface area contributed by atoms with Gasteiger partial charge in [0.1, 0.15) is 5.52 Å².